The second-order valence-electron chi connectivity index (χ2n) is 5.69. The molecule has 0 saturated heterocycles. The third kappa shape index (κ3) is 4.32. The van der Waals surface area contributed by atoms with Crippen molar-refractivity contribution in [2.45, 2.75) is 18.6 Å². The maximum Gasteiger partial charge on any atom is 0.272 e. The van der Waals surface area contributed by atoms with Gasteiger partial charge in [0.1, 0.15) is 4.70 Å². The van der Waals surface area contributed by atoms with Crippen LogP contribution in [0, 0.1) is 6.92 Å². The van der Waals surface area contributed by atoms with Crippen molar-refractivity contribution < 1.29 is 9.53 Å². The fraction of sp³-hybridized carbons (Fsp3) is 0.278. The highest BCUT2D eigenvalue weighted by Crippen LogP contribution is 2.21. The smallest absolute Gasteiger partial charge is 0.272 e. The Morgan fingerprint density at radius 3 is 3.00 bits per heavy atom. The van der Waals surface area contributed by atoms with Crippen molar-refractivity contribution in [3.8, 4) is 0 Å². The van der Waals surface area contributed by atoms with Gasteiger partial charge in [-0.15, -0.1) is 11.3 Å². The van der Waals surface area contributed by atoms with E-state index >= 15 is 0 Å². The Morgan fingerprint density at radius 1 is 1.38 bits per heavy atom. The molecule has 1 N–H and O–H groups in total. The molecule has 2 heterocycles. The number of thioether (sulfide) groups is 1. The molecule has 3 aromatic rings. The fourth-order valence-electron chi connectivity index (χ4n) is 2.46. The molecule has 1 amide bonds. The molecule has 3 rings (SSSR count). The van der Waals surface area contributed by atoms with Gasteiger partial charge in [-0.1, -0.05) is 23.9 Å². The summed E-state index contributed by atoms with van der Waals surface area (Å²) in [5.74, 6) is 0.0294. The first-order valence-corrected chi connectivity index (χ1v) is 9.91. The molecule has 0 bridgehead atoms. The van der Waals surface area contributed by atoms with Gasteiger partial charge in [0, 0.05) is 12.8 Å². The number of fused-ring (bicyclic) bond motifs is 1. The predicted molar refractivity (Wildman–Crippen MR) is 106 cm³/mol. The quantitative estimate of drug-likeness (QED) is 0.496. The molecule has 0 radical (unpaired) electrons. The van der Waals surface area contributed by atoms with Crippen LogP contribution in [0.3, 0.4) is 0 Å². The van der Waals surface area contributed by atoms with Gasteiger partial charge in [-0.05, 0) is 36.1 Å². The average Bonchev–Trinajstić information content (AvgIpc) is 3.08. The molecule has 0 aliphatic carbocycles. The highest BCUT2D eigenvalue weighted by Gasteiger charge is 2.14. The summed E-state index contributed by atoms with van der Waals surface area (Å²) < 4.78 is 7.29. The van der Waals surface area contributed by atoms with Crippen LogP contribution >= 0.6 is 23.1 Å². The SMILES string of the molecule is COCCn1c(SCC(=O)Nc2cccc(C)c2)nc2ccsc2c1=O. The normalized spacial score (nSPS) is 11.0. The van der Waals surface area contributed by atoms with E-state index in [1.165, 1.54) is 23.1 Å². The average molecular weight is 390 g/mol. The van der Waals surface area contributed by atoms with Crippen molar-refractivity contribution in [2.75, 3.05) is 24.8 Å². The molecule has 136 valence electrons. The molecule has 0 aliphatic rings. The number of amides is 1. The summed E-state index contributed by atoms with van der Waals surface area (Å²) in [4.78, 5) is 29.4. The molecule has 0 fully saturated rings. The summed E-state index contributed by atoms with van der Waals surface area (Å²) in [6.45, 7) is 2.78. The van der Waals surface area contributed by atoms with Crippen LogP contribution in [0.5, 0.6) is 0 Å². The number of benzene rings is 1. The standard InChI is InChI=1S/C18H19N3O3S2/c1-12-4-3-5-13(10-12)19-15(22)11-26-18-20-14-6-9-25-16(14)17(23)21(18)7-8-24-2/h3-6,9-10H,7-8,11H2,1-2H3,(H,19,22). The van der Waals surface area contributed by atoms with E-state index in [2.05, 4.69) is 10.3 Å². The van der Waals surface area contributed by atoms with Crippen LogP contribution in [0.25, 0.3) is 10.2 Å². The van der Waals surface area contributed by atoms with Gasteiger partial charge >= 0.3 is 0 Å². The molecule has 8 heteroatoms. The lowest BCUT2D eigenvalue weighted by Crippen LogP contribution is -2.25. The summed E-state index contributed by atoms with van der Waals surface area (Å²) in [7, 11) is 1.59. The van der Waals surface area contributed by atoms with Gasteiger partial charge in [-0.2, -0.15) is 0 Å². The van der Waals surface area contributed by atoms with Crippen molar-refractivity contribution in [3.63, 3.8) is 0 Å². The molecule has 6 nitrogen and oxygen atoms in total. The molecule has 26 heavy (non-hydrogen) atoms. The van der Waals surface area contributed by atoms with Crippen LogP contribution < -0.4 is 10.9 Å². The molecular weight excluding hydrogens is 370 g/mol. The Hall–Kier alpha value is -2.16. The van der Waals surface area contributed by atoms with Crippen LogP contribution in [0.4, 0.5) is 5.69 Å². The zero-order chi connectivity index (χ0) is 18.5. The van der Waals surface area contributed by atoms with Gasteiger partial charge in [0.05, 0.1) is 24.4 Å². The molecule has 2 aromatic heterocycles. The number of ether oxygens (including phenoxy) is 1. The number of methoxy groups -OCH3 is 1. The number of carbonyl (C=O) groups is 1. The number of anilines is 1. The number of nitrogens with zero attached hydrogens (tertiary/aromatic N) is 2. The van der Waals surface area contributed by atoms with E-state index < -0.39 is 0 Å². The van der Waals surface area contributed by atoms with Crippen LogP contribution in [0.15, 0.2) is 45.7 Å². The van der Waals surface area contributed by atoms with E-state index in [1.54, 1.807) is 11.7 Å². The number of aromatic nitrogens is 2. The number of hydrogen-bond donors (Lipinski definition) is 1. The zero-order valence-electron chi connectivity index (χ0n) is 14.5. The molecule has 1 aromatic carbocycles. The molecular formula is C18H19N3O3S2. The largest absolute Gasteiger partial charge is 0.383 e. The number of carbonyl (C=O) groups excluding carboxylic acids is 1. The van der Waals surface area contributed by atoms with E-state index in [4.69, 9.17) is 4.74 Å². The number of thiophene rings is 1. The number of aryl methyl sites for hydroxylation is 1. The Balaban J connectivity index is 1.76. The number of rotatable bonds is 7. The summed E-state index contributed by atoms with van der Waals surface area (Å²) >= 11 is 2.62. The van der Waals surface area contributed by atoms with E-state index in [-0.39, 0.29) is 17.2 Å². The minimum atomic E-state index is -0.140. The van der Waals surface area contributed by atoms with Crippen molar-refractivity contribution in [2.24, 2.45) is 0 Å². The minimum Gasteiger partial charge on any atom is -0.383 e. The Bertz CT molecular complexity index is 981. The second-order valence-corrected chi connectivity index (χ2v) is 7.54. The fourth-order valence-corrected chi connectivity index (χ4v) is 4.07. The van der Waals surface area contributed by atoms with Crippen molar-refractivity contribution in [3.05, 3.63) is 51.6 Å². The maximum atomic E-state index is 12.7. The maximum absolute atomic E-state index is 12.7. The molecule has 0 spiro atoms. The van der Waals surface area contributed by atoms with Gasteiger partial charge in [-0.3, -0.25) is 14.2 Å². The predicted octanol–water partition coefficient (Wildman–Crippen LogP) is 3.14. The Morgan fingerprint density at radius 2 is 2.23 bits per heavy atom. The zero-order valence-corrected chi connectivity index (χ0v) is 16.2. The van der Waals surface area contributed by atoms with Crippen LogP contribution in [-0.4, -0.2) is 34.9 Å². The van der Waals surface area contributed by atoms with E-state index in [1.807, 2.05) is 42.6 Å². The van der Waals surface area contributed by atoms with Crippen LogP contribution in [-0.2, 0) is 16.1 Å². The molecule has 0 unspecified atom stereocenters. The highest BCUT2D eigenvalue weighted by atomic mass is 32.2. The summed E-state index contributed by atoms with van der Waals surface area (Å²) in [6, 6.07) is 9.44. The number of hydrogen-bond acceptors (Lipinski definition) is 6. The van der Waals surface area contributed by atoms with Gasteiger partial charge in [-0.25, -0.2) is 4.98 Å². The van der Waals surface area contributed by atoms with Gasteiger partial charge in [0.15, 0.2) is 5.16 Å². The van der Waals surface area contributed by atoms with Crippen LogP contribution in [0.2, 0.25) is 0 Å². The van der Waals surface area contributed by atoms with E-state index in [9.17, 15) is 9.59 Å². The van der Waals surface area contributed by atoms with Gasteiger partial charge < -0.3 is 10.1 Å². The van der Waals surface area contributed by atoms with Gasteiger partial charge in [0.25, 0.3) is 5.56 Å². The van der Waals surface area contributed by atoms with E-state index in [0.717, 1.165) is 11.3 Å². The molecule has 0 aliphatic heterocycles. The Kier molecular flexibility index (Phi) is 6.08. The monoisotopic (exact) mass is 389 g/mol. The van der Waals surface area contributed by atoms with Crippen molar-refractivity contribution >= 4 is 44.9 Å². The lowest BCUT2D eigenvalue weighted by Gasteiger charge is -2.11. The minimum absolute atomic E-state index is 0.0938. The van der Waals surface area contributed by atoms with Gasteiger partial charge in [0.2, 0.25) is 5.91 Å². The summed E-state index contributed by atoms with van der Waals surface area (Å²) in [5.41, 5.74) is 2.40. The van der Waals surface area contributed by atoms with E-state index in [0.29, 0.717) is 28.5 Å². The topological polar surface area (TPSA) is 73.2 Å². The lowest BCUT2D eigenvalue weighted by atomic mass is 10.2. The van der Waals surface area contributed by atoms with Crippen LogP contribution in [0.1, 0.15) is 5.56 Å². The first-order valence-electron chi connectivity index (χ1n) is 8.05. The highest BCUT2D eigenvalue weighted by molar-refractivity contribution is 7.99. The Labute approximate surface area is 159 Å². The lowest BCUT2D eigenvalue weighted by molar-refractivity contribution is -0.113. The first kappa shape index (κ1) is 18.6. The first-order chi connectivity index (χ1) is 12.6. The molecule has 0 atom stereocenters. The third-order valence-electron chi connectivity index (χ3n) is 3.68. The third-order valence-corrected chi connectivity index (χ3v) is 5.55. The molecule has 0 saturated carbocycles. The van der Waals surface area contributed by atoms with Crippen molar-refractivity contribution in [1.82, 2.24) is 9.55 Å². The summed E-state index contributed by atoms with van der Waals surface area (Å²) in [6.07, 6.45) is 0. The summed E-state index contributed by atoms with van der Waals surface area (Å²) in [5, 5.41) is 5.24. The second kappa shape index (κ2) is 8.48. The number of nitrogens with one attached hydrogen (secondary N) is 1. The van der Waals surface area contributed by atoms with Crippen molar-refractivity contribution in [1.29, 1.82) is 0 Å².